The van der Waals surface area contributed by atoms with Crippen molar-refractivity contribution in [3.63, 3.8) is 0 Å². The molecule has 1 aromatic heterocycles. The summed E-state index contributed by atoms with van der Waals surface area (Å²) in [5.41, 5.74) is 2.40. The monoisotopic (exact) mass is 315 g/mol. The highest BCUT2D eigenvalue weighted by molar-refractivity contribution is 6.31. The van der Waals surface area contributed by atoms with Gasteiger partial charge in [-0.15, -0.1) is 0 Å². The molecule has 1 aromatic carbocycles. The number of nitrogens with one attached hydrogen (secondary N) is 1. The van der Waals surface area contributed by atoms with Crippen molar-refractivity contribution in [2.24, 2.45) is 0 Å². The summed E-state index contributed by atoms with van der Waals surface area (Å²) in [6, 6.07) is 11.2. The highest BCUT2D eigenvalue weighted by Crippen LogP contribution is 2.19. The van der Waals surface area contributed by atoms with Gasteiger partial charge in [0.05, 0.1) is 11.9 Å². The Labute approximate surface area is 135 Å². The van der Waals surface area contributed by atoms with Crippen LogP contribution < -0.4 is 10.2 Å². The summed E-state index contributed by atoms with van der Waals surface area (Å²) in [5.74, 6) is -0.187. The molecule has 3 rings (SSSR count). The normalized spacial score (nSPS) is 14.1. The predicted octanol–water partition coefficient (Wildman–Crippen LogP) is 3.27. The number of carbonyl (C=O) groups excluding carboxylic acids is 1. The summed E-state index contributed by atoms with van der Waals surface area (Å²) < 4.78 is 0. The summed E-state index contributed by atoms with van der Waals surface area (Å²) in [6.07, 6.45) is 4.22. The molecule has 1 saturated heterocycles. The molecule has 22 heavy (non-hydrogen) atoms. The third-order valence-electron chi connectivity index (χ3n) is 3.85. The maximum atomic E-state index is 12.1. The SMILES string of the molecule is O=C(NCc1ccccc1Cl)c1ccc(N2CCCC2)cn1. The molecule has 1 fully saturated rings. The van der Waals surface area contributed by atoms with E-state index in [4.69, 9.17) is 11.6 Å². The quantitative estimate of drug-likeness (QED) is 0.942. The Hall–Kier alpha value is -2.07. The van der Waals surface area contributed by atoms with Crippen LogP contribution in [0.15, 0.2) is 42.6 Å². The van der Waals surface area contributed by atoms with E-state index >= 15 is 0 Å². The Kier molecular flexibility index (Phi) is 4.59. The molecule has 0 bridgehead atoms. The number of pyridine rings is 1. The first-order chi connectivity index (χ1) is 10.7. The minimum atomic E-state index is -0.187. The Balaban J connectivity index is 1.61. The van der Waals surface area contributed by atoms with Gasteiger partial charge in [-0.05, 0) is 36.6 Å². The largest absolute Gasteiger partial charge is 0.370 e. The van der Waals surface area contributed by atoms with Crippen LogP contribution in [0.3, 0.4) is 0 Å². The summed E-state index contributed by atoms with van der Waals surface area (Å²) in [6.45, 7) is 2.54. The van der Waals surface area contributed by atoms with Gasteiger partial charge in [0, 0.05) is 24.7 Å². The molecule has 1 N–H and O–H groups in total. The summed E-state index contributed by atoms with van der Waals surface area (Å²) >= 11 is 6.07. The molecule has 0 saturated carbocycles. The number of benzene rings is 1. The van der Waals surface area contributed by atoms with Crippen molar-refractivity contribution < 1.29 is 4.79 Å². The lowest BCUT2D eigenvalue weighted by Crippen LogP contribution is -2.24. The molecule has 0 radical (unpaired) electrons. The van der Waals surface area contributed by atoms with Crippen molar-refractivity contribution in [3.8, 4) is 0 Å². The minimum Gasteiger partial charge on any atom is -0.370 e. The minimum absolute atomic E-state index is 0.187. The zero-order valence-corrected chi connectivity index (χ0v) is 13.0. The second-order valence-corrected chi connectivity index (χ2v) is 5.78. The van der Waals surface area contributed by atoms with Gasteiger partial charge in [-0.1, -0.05) is 29.8 Å². The number of nitrogens with zero attached hydrogens (tertiary/aromatic N) is 2. The maximum absolute atomic E-state index is 12.1. The van der Waals surface area contributed by atoms with Gasteiger partial charge in [-0.3, -0.25) is 4.79 Å². The third kappa shape index (κ3) is 3.39. The number of amides is 1. The molecule has 2 aromatic rings. The molecule has 5 heteroatoms. The first-order valence-electron chi connectivity index (χ1n) is 7.46. The van der Waals surface area contributed by atoms with Crippen molar-refractivity contribution in [1.29, 1.82) is 0 Å². The highest BCUT2D eigenvalue weighted by atomic mass is 35.5. The van der Waals surface area contributed by atoms with Crippen LogP contribution in [0.25, 0.3) is 0 Å². The van der Waals surface area contributed by atoms with Gasteiger partial charge in [0.1, 0.15) is 5.69 Å². The number of carbonyl (C=O) groups is 1. The number of aromatic nitrogens is 1. The van der Waals surface area contributed by atoms with Crippen molar-refractivity contribution >= 4 is 23.2 Å². The lowest BCUT2D eigenvalue weighted by Gasteiger charge is -2.17. The van der Waals surface area contributed by atoms with Crippen LogP contribution in [0.2, 0.25) is 5.02 Å². The summed E-state index contributed by atoms with van der Waals surface area (Å²) in [4.78, 5) is 18.7. The average molecular weight is 316 g/mol. The molecule has 2 heterocycles. The van der Waals surface area contributed by atoms with Crippen molar-refractivity contribution in [3.05, 3.63) is 58.9 Å². The molecular weight excluding hydrogens is 298 g/mol. The predicted molar refractivity (Wildman–Crippen MR) is 88.3 cm³/mol. The smallest absolute Gasteiger partial charge is 0.270 e. The van der Waals surface area contributed by atoms with Crippen LogP contribution in [0.4, 0.5) is 5.69 Å². The molecule has 1 amide bonds. The van der Waals surface area contributed by atoms with Crippen LogP contribution in [-0.2, 0) is 6.54 Å². The van der Waals surface area contributed by atoms with E-state index in [0.29, 0.717) is 17.3 Å². The molecule has 0 aliphatic carbocycles. The number of anilines is 1. The van der Waals surface area contributed by atoms with Gasteiger partial charge < -0.3 is 10.2 Å². The second-order valence-electron chi connectivity index (χ2n) is 5.37. The molecule has 0 unspecified atom stereocenters. The van der Waals surface area contributed by atoms with Crippen LogP contribution in [0, 0.1) is 0 Å². The fourth-order valence-electron chi connectivity index (χ4n) is 2.59. The lowest BCUT2D eigenvalue weighted by molar-refractivity contribution is 0.0946. The van der Waals surface area contributed by atoms with Gasteiger partial charge in [0.15, 0.2) is 0 Å². The van der Waals surface area contributed by atoms with Crippen LogP contribution >= 0.6 is 11.6 Å². The van der Waals surface area contributed by atoms with Crippen molar-refractivity contribution in [2.75, 3.05) is 18.0 Å². The highest BCUT2D eigenvalue weighted by Gasteiger charge is 2.14. The summed E-state index contributed by atoms with van der Waals surface area (Å²) in [7, 11) is 0. The Morgan fingerprint density at radius 3 is 2.64 bits per heavy atom. The van der Waals surface area contributed by atoms with Gasteiger partial charge >= 0.3 is 0 Å². The Morgan fingerprint density at radius 1 is 1.18 bits per heavy atom. The van der Waals surface area contributed by atoms with E-state index in [2.05, 4.69) is 15.2 Å². The molecule has 1 aliphatic rings. The first kappa shape index (κ1) is 14.9. The molecule has 114 valence electrons. The molecule has 4 nitrogen and oxygen atoms in total. The van der Waals surface area contributed by atoms with Gasteiger partial charge in [0.25, 0.3) is 5.91 Å². The van der Waals surface area contributed by atoms with E-state index in [9.17, 15) is 4.79 Å². The first-order valence-corrected chi connectivity index (χ1v) is 7.84. The number of rotatable bonds is 4. The van der Waals surface area contributed by atoms with E-state index < -0.39 is 0 Å². The van der Waals surface area contributed by atoms with E-state index in [1.165, 1.54) is 12.8 Å². The van der Waals surface area contributed by atoms with Gasteiger partial charge in [-0.2, -0.15) is 0 Å². The van der Waals surface area contributed by atoms with Gasteiger partial charge in [0.2, 0.25) is 0 Å². The molecule has 0 atom stereocenters. The maximum Gasteiger partial charge on any atom is 0.270 e. The third-order valence-corrected chi connectivity index (χ3v) is 4.22. The van der Waals surface area contributed by atoms with E-state index in [0.717, 1.165) is 24.3 Å². The van der Waals surface area contributed by atoms with E-state index in [1.807, 2.05) is 30.3 Å². The van der Waals surface area contributed by atoms with Crippen LogP contribution in [-0.4, -0.2) is 24.0 Å². The zero-order chi connectivity index (χ0) is 15.4. The number of halogens is 1. The fraction of sp³-hybridized carbons (Fsp3) is 0.294. The van der Waals surface area contributed by atoms with E-state index in [1.54, 1.807) is 12.3 Å². The molecule has 1 aliphatic heterocycles. The van der Waals surface area contributed by atoms with E-state index in [-0.39, 0.29) is 5.91 Å². The number of hydrogen-bond donors (Lipinski definition) is 1. The molecular formula is C17H18ClN3O. The second kappa shape index (κ2) is 6.79. The Morgan fingerprint density at radius 2 is 1.95 bits per heavy atom. The standard InChI is InChI=1S/C17H18ClN3O/c18-15-6-2-1-5-13(15)11-20-17(22)16-8-7-14(12-19-16)21-9-3-4-10-21/h1-2,5-8,12H,3-4,9-11H2,(H,20,22). The van der Waals surface area contributed by atoms with Crippen molar-refractivity contribution in [1.82, 2.24) is 10.3 Å². The fourth-order valence-corrected chi connectivity index (χ4v) is 2.79. The zero-order valence-electron chi connectivity index (χ0n) is 12.3. The average Bonchev–Trinajstić information content (AvgIpc) is 3.08. The van der Waals surface area contributed by atoms with Gasteiger partial charge in [-0.25, -0.2) is 4.98 Å². The summed E-state index contributed by atoms with van der Waals surface area (Å²) in [5, 5.41) is 3.50. The molecule has 0 spiro atoms. The Bertz CT molecular complexity index is 651. The van der Waals surface area contributed by atoms with Crippen LogP contribution in [0.1, 0.15) is 28.9 Å². The topological polar surface area (TPSA) is 45.2 Å². The van der Waals surface area contributed by atoms with Crippen molar-refractivity contribution in [2.45, 2.75) is 19.4 Å². The van der Waals surface area contributed by atoms with Crippen LogP contribution in [0.5, 0.6) is 0 Å². The number of hydrogen-bond acceptors (Lipinski definition) is 3. The lowest BCUT2D eigenvalue weighted by atomic mass is 10.2.